The number of rotatable bonds is 4. The van der Waals surface area contributed by atoms with Crippen LogP contribution in [0.4, 0.5) is 11.4 Å². The van der Waals surface area contributed by atoms with Gasteiger partial charge >= 0.3 is 0 Å². The average Bonchev–Trinajstić information content (AvgIpc) is 2.95. The molecule has 0 bridgehead atoms. The maximum atomic E-state index is 6.21. The molecule has 24 heavy (non-hydrogen) atoms. The highest BCUT2D eigenvalue weighted by atomic mass is 35.5. The summed E-state index contributed by atoms with van der Waals surface area (Å²) in [5.41, 5.74) is 2.16. The maximum Gasteiger partial charge on any atom is 0.170 e. The minimum atomic E-state index is 0.272. The van der Waals surface area contributed by atoms with Crippen molar-refractivity contribution in [3.8, 4) is 0 Å². The second-order valence-electron chi connectivity index (χ2n) is 6.53. The molecule has 6 heteroatoms. The molecule has 1 aromatic rings. The van der Waals surface area contributed by atoms with Crippen LogP contribution in [0.3, 0.4) is 0 Å². The molecule has 2 aliphatic heterocycles. The van der Waals surface area contributed by atoms with Gasteiger partial charge in [-0.15, -0.1) is 0 Å². The normalized spacial score (nSPS) is 21.4. The lowest BCUT2D eigenvalue weighted by Crippen LogP contribution is -2.35. The second kappa shape index (κ2) is 8.88. The Labute approximate surface area is 154 Å². The Hall–Kier alpha value is -1.04. The van der Waals surface area contributed by atoms with Gasteiger partial charge in [0.05, 0.1) is 17.5 Å². The van der Waals surface area contributed by atoms with Crippen molar-refractivity contribution in [1.82, 2.24) is 5.32 Å². The van der Waals surface area contributed by atoms with Crippen LogP contribution in [-0.4, -0.2) is 37.5 Å². The lowest BCUT2D eigenvalue weighted by atomic mass is 10.2. The Morgan fingerprint density at radius 3 is 2.71 bits per heavy atom. The molecule has 0 unspecified atom stereocenters. The second-order valence-corrected chi connectivity index (χ2v) is 7.38. The lowest BCUT2D eigenvalue weighted by molar-refractivity contribution is 0.114. The summed E-state index contributed by atoms with van der Waals surface area (Å²) in [6.45, 7) is 3.80. The Bertz CT molecular complexity index is 555. The molecule has 1 atom stereocenters. The van der Waals surface area contributed by atoms with Crippen LogP contribution in [0.25, 0.3) is 0 Å². The van der Waals surface area contributed by atoms with E-state index in [9.17, 15) is 0 Å². The molecule has 132 valence electrons. The van der Waals surface area contributed by atoms with Crippen LogP contribution in [0.5, 0.6) is 0 Å². The lowest BCUT2D eigenvalue weighted by Gasteiger charge is -2.26. The molecule has 0 radical (unpaired) electrons. The quantitative estimate of drug-likeness (QED) is 0.780. The molecule has 1 aromatic carbocycles. The third kappa shape index (κ3) is 4.98. The number of anilines is 2. The summed E-state index contributed by atoms with van der Waals surface area (Å²) in [6.07, 6.45) is 7.62. The number of hydrogen-bond acceptors (Lipinski definition) is 3. The van der Waals surface area contributed by atoms with Gasteiger partial charge in [0.25, 0.3) is 0 Å². The van der Waals surface area contributed by atoms with Gasteiger partial charge < -0.3 is 20.3 Å². The zero-order valence-electron chi connectivity index (χ0n) is 14.0. The number of thiocarbonyl (C=S) groups is 1. The van der Waals surface area contributed by atoms with E-state index in [1.54, 1.807) is 0 Å². The van der Waals surface area contributed by atoms with Crippen LogP contribution in [0.15, 0.2) is 18.2 Å². The molecule has 2 saturated heterocycles. The van der Waals surface area contributed by atoms with E-state index >= 15 is 0 Å². The number of nitrogens with zero attached hydrogens (tertiary/aromatic N) is 1. The standard InChI is InChI=1S/C18H26ClN3OS/c19-14-7-8-17(22-9-3-1-2-4-10-22)16(12-14)21-18(24)20-13-15-6-5-11-23-15/h7-8,12,15H,1-6,9-11,13H2,(H2,20,21,24)/t15-/m0/s1. The van der Waals surface area contributed by atoms with Gasteiger partial charge in [-0.3, -0.25) is 0 Å². The highest BCUT2D eigenvalue weighted by Crippen LogP contribution is 2.31. The Morgan fingerprint density at radius 2 is 2.00 bits per heavy atom. The van der Waals surface area contributed by atoms with Crippen molar-refractivity contribution in [2.24, 2.45) is 0 Å². The fourth-order valence-electron chi connectivity index (χ4n) is 3.37. The predicted octanol–water partition coefficient (Wildman–Crippen LogP) is 4.19. The Morgan fingerprint density at radius 1 is 1.21 bits per heavy atom. The van der Waals surface area contributed by atoms with Gasteiger partial charge in [-0.2, -0.15) is 0 Å². The average molecular weight is 368 g/mol. The molecule has 2 N–H and O–H groups in total. The van der Waals surface area contributed by atoms with E-state index in [-0.39, 0.29) is 6.10 Å². The van der Waals surface area contributed by atoms with E-state index in [4.69, 9.17) is 28.6 Å². The van der Waals surface area contributed by atoms with Gasteiger partial charge in [0, 0.05) is 31.3 Å². The molecule has 2 aliphatic rings. The van der Waals surface area contributed by atoms with Gasteiger partial charge in [0.15, 0.2) is 5.11 Å². The van der Waals surface area contributed by atoms with E-state index in [2.05, 4.69) is 21.6 Å². The van der Waals surface area contributed by atoms with Crippen LogP contribution >= 0.6 is 23.8 Å². The van der Waals surface area contributed by atoms with Crippen molar-refractivity contribution in [1.29, 1.82) is 0 Å². The minimum absolute atomic E-state index is 0.272. The zero-order valence-corrected chi connectivity index (χ0v) is 15.6. The molecular formula is C18H26ClN3OS. The Kier molecular flexibility index (Phi) is 6.58. The molecule has 0 spiro atoms. The third-order valence-corrected chi connectivity index (χ3v) is 5.15. The largest absolute Gasteiger partial charge is 0.376 e. The number of hydrogen-bond donors (Lipinski definition) is 2. The van der Waals surface area contributed by atoms with Crippen LogP contribution in [-0.2, 0) is 4.74 Å². The summed E-state index contributed by atoms with van der Waals surface area (Å²) < 4.78 is 5.63. The fraction of sp³-hybridized carbons (Fsp3) is 0.611. The fourth-order valence-corrected chi connectivity index (χ4v) is 3.74. The van der Waals surface area contributed by atoms with Crippen molar-refractivity contribution in [2.75, 3.05) is 36.5 Å². The molecule has 0 aliphatic carbocycles. The first-order valence-electron chi connectivity index (χ1n) is 8.93. The van der Waals surface area contributed by atoms with Crippen LogP contribution in [0.1, 0.15) is 38.5 Å². The van der Waals surface area contributed by atoms with Gasteiger partial charge in [0.1, 0.15) is 0 Å². The summed E-state index contributed by atoms with van der Waals surface area (Å²) in [4.78, 5) is 2.44. The number of benzene rings is 1. The molecular weight excluding hydrogens is 342 g/mol. The van der Waals surface area contributed by atoms with E-state index in [1.807, 2.05) is 12.1 Å². The Balaban J connectivity index is 1.64. The van der Waals surface area contributed by atoms with E-state index in [1.165, 1.54) is 31.4 Å². The highest BCUT2D eigenvalue weighted by Gasteiger charge is 2.17. The van der Waals surface area contributed by atoms with Crippen molar-refractivity contribution in [2.45, 2.75) is 44.6 Å². The summed E-state index contributed by atoms with van der Waals surface area (Å²) in [6, 6.07) is 6.01. The van der Waals surface area contributed by atoms with E-state index < -0.39 is 0 Å². The molecule has 2 heterocycles. The molecule has 0 saturated carbocycles. The predicted molar refractivity (Wildman–Crippen MR) is 105 cm³/mol. The van der Waals surface area contributed by atoms with Crippen molar-refractivity contribution in [3.63, 3.8) is 0 Å². The maximum absolute atomic E-state index is 6.21. The van der Waals surface area contributed by atoms with Crippen LogP contribution in [0, 0.1) is 0 Å². The monoisotopic (exact) mass is 367 g/mol. The summed E-state index contributed by atoms with van der Waals surface area (Å²) in [5, 5.41) is 7.95. The molecule has 3 rings (SSSR count). The molecule has 2 fully saturated rings. The van der Waals surface area contributed by atoms with E-state index in [0.29, 0.717) is 5.11 Å². The number of ether oxygens (including phenoxy) is 1. The third-order valence-electron chi connectivity index (χ3n) is 4.67. The number of nitrogens with one attached hydrogen (secondary N) is 2. The minimum Gasteiger partial charge on any atom is -0.376 e. The summed E-state index contributed by atoms with van der Waals surface area (Å²) >= 11 is 11.7. The molecule has 0 aromatic heterocycles. The van der Waals surface area contributed by atoms with Gasteiger partial charge in [-0.1, -0.05) is 24.4 Å². The van der Waals surface area contributed by atoms with Crippen molar-refractivity contribution >= 4 is 40.3 Å². The molecule has 0 amide bonds. The van der Waals surface area contributed by atoms with Crippen LogP contribution < -0.4 is 15.5 Å². The topological polar surface area (TPSA) is 36.5 Å². The number of halogens is 1. The highest BCUT2D eigenvalue weighted by molar-refractivity contribution is 7.80. The van der Waals surface area contributed by atoms with E-state index in [0.717, 1.165) is 49.8 Å². The first-order valence-corrected chi connectivity index (χ1v) is 9.72. The van der Waals surface area contributed by atoms with Crippen LogP contribution in [0.2, 0.25) is 5.02 Å². The van der Waals surface area contributed by atoms with Crippen molar-refractivity contribution in [3.05, 3.63) is 23.2 Å². The van der Waals surface area contributed by atoms with Gasteiger partial charge in [0.2, 0.25) is 0 Å². The summed E-state index contributed by atoms with van der Waals surface area (Å²) in [5.74, 6) is 0. The zero-order chi connectivity index (χ0) is 16.8. The smallest absolute Gasteiger partial charge is 0.170 e. The first kappa shape index (κ1) is 17.8. The molecule has 4 nitrogen and oxygen atoms in total. The van der Waals surface area contributed by atoms with Crippen molar-refractivity contribution < 1.29 is 4.74 Å². The van der Waals surface area contributed by atoms with Gasteiger partial charge in [-0.25, -0.2) is 0 Å². The summed E-state index contributed by atoms with van der Waals surface area (Å²) in [7, 11) is 0. The van der Waals surface area contributed by atoms with Gasteiger partial charge in [-0.05, 0) is 56.1 Å². The SMILES string of the molecule is S=C(NC[C@@H]1CCCO1)Nc1cc(Cl)ccc1N1CCCCCC1. The first-order chi connectivity index (χ1) is 11.7.